The highest BCUT2D eigenvalue weighted by atomic mass is 16.5. The van der Waals surface area contributed by atoms with Crippen molar-refractivity contribution in [3.63, 3.8) is 0 Å². The van der Waals surface area contributed by atoms with Crippen molar-refractivity contribution < 1.29 is 9.53 Å². The third-order valence-corrected chi connectivity index (χ3v) is 1.26. The van der Waals surface area contributed by atoms with Crippen LogP contribution >= 0.6 is 0 Å². The molecule has 10 heavy (non-hydrogen) atoms. The summed E-state index contributed by atoms with van der Waals surface area (Å²) in [7, 11) is 0. The fourth-order valence-corrected chi connectivity index (χ4v) is 0.737. The van der Waals surface area contributed by atoms with E-state index in [1.165, 1.54) is 13.3 Å². The molecule has 56 valence electrons. The highest BCUT2D eigenvalue weighted by molar-refractivity contribution is 5.77. The number of rotatable bonds is 2. The van der Waals surface area contributed by atoms with Crippen molar-refractivity contribution in [2.75, 3.05) is 6.54 Å². The summed E-state index contributed by atoms with van der Waals surface area (Å²) in [5.41, 5.74) is 0. The number of carbonyl (C=O) groups excluding carboxylic acids is 1. The molecular formula is C6H10N2O2. The molecule has 0 saturated carbocycles. The van der Waals surface area contributed by atoms with Gasteiger partial charge in [-0.3, -0.25) is 4.79 Å². The molecule has 1 unspecified atom stereocenters. The second-order valence-corrected chi connectivity index (χ2v) is 2.26. The van der Waals surface area contributed by atoms with Crippen LogP contribution in [0.2, 0.25) is 0 Å². The van der Waals surface area contributed by atoms with Crippen molar-refractivity contribution in [2.24, 2.45) is 5.10 Å². The number of Topliss-reactive ketones (excluding diaryl/α,β-unsaturated/α-hetero) is 1. The van der Waals surface area contributed by atoms with Gasteiger partial charge in [-0.15, -0.1) is 5.10 Å². The smallest absolute Gasteiger partial charge is 0.195 e. The summed E-state index contributed by atoms with van der Waals surface area (Å²) < 4.78 is 4.95. The molecule has 1 atom stereocenters. The Morgan fingerprint density at radius 3 is 3.00 bits per heavy atom. The van der Waals surface area contributed by atoms with E-state index in [9.17, 15) is 4.79 Å². The molecule has 1 aliphatic heterocycles. The van der Waals surface area contributed by atoms with E-state index in [0.29, 0.717) is 6.54 Å². The van der Waals surface area contributed by atoms with Crippen LogP contribution in [0.15, 0.2) is 5.10 Å². The number of hydrogen-bond acceptors (Lipinski definition) is 4. The van der Waals surface area contributed by atoms with Crippen LogP contribution in [-0.2, 0) is 9.53 Å². The predicted octanol–water partition coefficient (Wildman–Crippen LogP) is 0.197. The molecule has 0 radical (unpaired) electrons. The van der Waals surface area contributed by atoms with Gasteiger partial charge in [0.1, 0.15) is 0 Å². The third-order valence-electron chi connectivity index (χ3n) is 1.26. The molecule has 0 bridgehead atoms. The average molecular weight is 142 g/mol. The molecule has 1 rings (SSSR count). The van der Waals surface area contributed by atoms with Crippen LogP contribution in [0.5, 0.6) is 0 Å². The van der Waals surface area contributed by atoms with Crippen LogP contribution in [0, 0.1) is 0 Å². The van der Waals surface area contributed by atoms with Gasteiger partial charge in [0.25, 0.3) is 0 Å². The molecular weight excluding hydrogens is 132 g/mol. The van der Waals surface area contributed by atoms with Gasteiger partial charge in [0.05, 0.1) is 6.54 Å². The summed E-state index contributed by atoms with van der Waals surface area (Å²) >= 11 is 0. The van der Waals surface area contributed by atoms with Crippen molar-refractivity contribution in [1.82, 2.24) is 5.01 Å². The Morgan fingerprint density at radius 2 is 2.60 bits per heavy atom. The second kappa shape index (κ2) is 2.68. The fraction of sp³-hybridized carbons (Fsp3) is 0.667. The van der Waals surface area contributed by atoms with E-state index in [-0.39, 0.29) is 12.0 Å². The molecule has 1 heterocycles. The van der Waals surface area contributed by atoms with E-state index in [1.807, 2.05) is 6.92 Å². The Labute approximate surface area is 59.5 Å². The molecule has 0 fully saturated rings. The van der Waals surface area contributed by atoms with Crippen LogP contribution in [0.3, 0.4) is 0 Å². The minimum atomic E-state index is -0.0936. The SMILES string of the molecule is CC(=O)CN1N=COC1C. The summed E-state index contributed by atoms with van der Waals surface area (Å²) in [5, 5.41) is 5.42. The first-order valence-electron chi connectivity index (χ1n) is 3.14. The fourth-order valence-electron chi connectivity index (χ4n) is 0.737. The van der Waals surface area contributed by atoms with Crippen molar-refractivity contribution in [1.29, 1.82) is 0 Å². The Balaban J connectivity index is 2.40. The number of carbonyl (C=O) groups is 1. The van der Waals surface area contributed by atoms with Crippen LogP contribution < -0.4 is 0 Å². The summed E-state index contributed by atoms with van der Waals surface area (Å²) in [6.07, 6.45) is 1.26. The highest BCUT2D eigenvalue weighted by Gasteiger charge is 2.17. The highest BCUT2D eigenvalue weighted by Crippen LogP contribution is 2.05. The largest absolute Gasteiger partial charge is 0.457 e. The lowest BCUT2D eigenvalue weighted by Crippen LogP contribution is -2.29. The van der Waals surface area contributed by atoms with Gasteiger partial charge in [0.2, 0.25) is 0 Å². The maximum Gasteiger partial charge on any atom is 0.195 e. The van der Waals surface area contributed by atoms with Gasteiger partial charge in [-0.2, -0.15) is 0 Å². The van der Waals surface area contributed by atoms with Crippen molar-refractivity contribution in [3.05, 3.63) is 0 Å². The molecule has 0 aromatic heterocycles. The van der Waals surface area contributed by atoms with Crippen LogP contribution in [0.1, 0.15) is 13.8 Å². The van der Waals surface area contributed by atoms with E-state index in [4.69, 9.17) is 4.74 Å². The van der Waals surface area contributed by atoms with Gasteiger partial charge in [-0.05, 0) is 13.8 Å². The van der Waals surface area contributed by atoms with Crippen molar-refractivity contribution in [3.8, 4) is 0 Å². The average Bonchev–Trinajstić information content (AvgIpc) is 2.15. The first-order chi connectivity index (χ1) is 4.70. The summed E-state index contributed by atoms with van der Waals surface area (Å²) in [6.45, 7) is 3.70. The maximum atomic E-state index is 10.6. The quantitative estimate of drug-likeness (QED) is 0.553. The Bertz CT molecular complexity index is 167. The molecule has 0 spiro atoms. The van der Waals surface area contributed by atoms with Crippen molar-refractivity contribution >= 4 is 12.2 Å². The topological polar surface area (TPSA) is 41.9 Å². The molecule has 0 aromatic carbocycles. The molecule has 1 aliphatic rings. The zero-order chi connectivity index (χ0) is 7.56. The lowest BCUT2D eigenvalue weighted by atomic mass is 10.4. The van der Waals surface area contributed by atoms with E-state index in [2.05, 4.69) is 5.10 Å². The predicted molar refractivity (Wildman–Crippen MR) is 36.4 cm³/mol. The number of ether oxygens (including phenoxy) is 1. The summed E-state index contributed by atoms with van der Waals surface area (Å²) in [5.74, 6) is 0.0921. The van der Waals surface area contributed by atoms with Crippen LogP contribution in [0.4, 0.5) is 0 Å². The first-order valence-corrected chi connectivity index (χ1v) is 3.14. The standard InChI is InChI=1S/C6H10N2O2/c1-5(9)3-8-6(2)10-4-7-8/h4,6H,3H2,1-2H3. The Hall–Kier alpha value is -1.06. The molecule has 0 amide bonds. The first kappa shape index (κ1) is 7.05. The normalized spacial score (nSPS) is 23.0. The number of nitrogens with zero attached hydrogens (tertiary/aromatic N) is 2. The zero-order valence-corrected chi connectivity index (χ0v) is 6.07. The maximum absolute atomic E-state index is 10.6. The van der Waals surface area contributed by atoms with E-state index in [0.717, 1.165) is 0 Å². The summed E-state index contributed by atoms with van der Waals surface area (Å²) in [6, 6.07) is 0. The van der Waals surface area contributed by atoms with Gasteiger partial charge in [0, 0.05) is 0 Å². The van der Waals surface area contributed by atoms with E-state index < -0.39 is 0 Å². The van der Waals surface area contributed by atoms with Crippen LogP contribution in [-0.4, -0.2) is 30.0 Å². The van der Waals surface area contributed by atoms with Gasteiger partial charge < -0.3 is 4.74 Å². The van der Waals surface area contributed by atoms with E-state index >= 15 is 0 Å². The molecule has 0 aliphatic carbocycles. The molecule has 0 saturated heterocycles. The Kier molecular flexibility index (Phi) is 1.89. The van der Waals surface area contributed by atoms with Gasteiger partial charge in [-0.25, -0.2) is 5.01 Å². The third kappa shape index (κ3) is 1.46. The van der Waals surface area contributed by atoms with Crippen LogP contribution in [0.25, 0.3) is 0 Å². The second-order valence-electron chi connectivity index (χ2n) is 2.26. The lowest BCUT2D eigenvalue weighted by Gasteiger charge is -2.15. The minimum Gasteiger partial charge on any atom is -0.457 e. The number of hydrazone groups is 1. The van der Waals surface area contributed by atoms with Crippen molar-refractivity contribution in [2.45, 2.75) is 20.1 Å². The van der Waals surface area contributed by atoms with Gasteiger partial charge >= 0.3 is 0 Å². The molecule has 0 aromatic rings. The Morgan fingerprint density at radius 1 is 1.90 bits per heavy atom. The molecule has 4 heteroatoms. The van der Waals surface area contributed by atoms with Gasteiger partial charge in [0.15, 0.2) is 18.4 Å². The number of hydrogen-bond donors (Lipinski definition) is 0. The summed E-state index contributed by atoms with van der Waals surface area (Å²) in [4.78, 5) is 10.6. The monoisotopic (exact) mass is 142 g/mol. The van der Waals surface area contributed by atoms with Gasteiger partial charge in [-0.1, -0.05) is 0 Å². The van der Waals surface area contributed by atoms with E-state index in [1.54, 1.807) is 5.01 Å². The number of ketones is 1. The minimum absolute atomic E-state index is 0.0921. The molecule has 0 N–H and O–H groups in total. The zero-order valence-electron chi connectivity index (χ0n) is 6.07. The molecule has 4 nitrogen and oxygen atoms in total. The lowest BCUT2D eigenvalue weighted by molar-refractivity contribution is -0.119.